The van der Waals surface area contributed by atoms with Gasteiger partial charge in [-0.05, 0) is 133 Å². The highest BCUT2D eigenvalue weighted by Crippen LogP contribution is 2.52. The maximum absolute atomic E-state index is 4.88. The fourth-order valence-corrected chi connectivity index (χ4v) is 10.2. The predicted molar refractivity (Wildman–Crippen MR) is 288 cm³/mol. The molecule has 0 fully saturated rings. The number of rotatable bonds is 6. The van der Waals surface area contributed by atoms with Gasteiger partial charge in [-0.25, -0.2) is 0 Å². The van der Waals surface area contributed by atoms with Crippen LogP contribution in [-0.4, -0.2) is 19.1 Å². The lowest BCUT2D eigenvalue weighted by molar-refractivity contribution is 1.14. The molecule has 8 aromatic carbocycles. The van der Waals surface area contributed by atoms with Crippen LogP contribution in [0.5, 0.6) is 0 Å². The minimum absolute atomic E-state index is 0.954. The first-order valence-corrected chi connectivity index (χ1v) is 22.9. The van der Waals surface area contributed by atoms with E-state index in [1.54, 1.807) is 18.2 Å². The number of hydrogen-bond acceptors (Lipinski definition) is 2. The van der Waals surface area contributed by atoms with E-state index in [1.807, 2.05) is 31.5 Å². The third kappa shape index (κ3) is 7.01. The summed E-state index contributed by atoms with van der Waals surface area (Å²) in [6, 6.07) is 53.8. The molecule has 12 rings (SSSR count). The topological polar surface area (TPSA) is 35.6 Å². The maximum atomic E-state index is 4.88. The molecule has 324 valence electrons. The van der Waals surface area contributed by atoms with Crippen molar-refractivity contribution in [1.29, 1.82) is 0 Å². The van der Waals surface area contributed by atoms with E-state index >= 15 is 0 Å². The van der Waals surface area contributed by atoms with Gasteiger partial charge in [0.2, 0.25) is 0 Å². The van der Waals surface area contributed by atoms with E-state index in [-0.39, 0.29) is 0 Å². The third-order valence-corrected chi connectivity index (χ3v) is 13.2. The van der Waals surface area contributed by atoms with Gasteiger partial charge in [-0.3, -0.25) is 9.97 Å². The number of aryl methyl sites for hydroxylation is 4. The van der Waals surface area contributed by atoms with Gasteiger partial charge in [0.25, 0.3) is 0 Å². The van der Waals surface area contributed by atoms with Gasteiger partial charge in [-0.1, -0.05) is 147 Å². The molecule has 3 aromatic heterocycles. The predicted octanol–water partition coefficient (Wildman–Crippen LogP) is 17.1. The Morgan fingerprint density at radius 3 is 1.06 bits per heavy atom. The van der Waals surface area contributed by atoms with Crippen molar-refractivity contribution in [3.8, 4) is 56.1 Å². The largest absolute Gasteiger partial charge is 0.309 e. The molecule has 4 nitrogen and oxygen atoms in total. The van der Waals surface area contributed by atoms with Crippen molar-refractivity contribution in [1.82, 2.24) is 19.1 Å². The van der Waals surface area contributed by atoms with Gasteiger partial charge < -0.3 is 9.13 Å². The van der Waals surface area contributed by atoms with E-state index < -0.39 is 0 Å². The fourth-order valence-electron chi connectivity index (χ4n) is 10.2. The molecule has 4 heteroatoms. The Labute approximate surface area is 392 Å². The Hall–Kier alpha value is -8.34. The lowest BCUT2D eigenvalue weighted by Crippen LogP contribution is -2.00. The van der Waals surface area contributed by atoms with Crippen LogP contribution < -0.4 is 0 Å². The SMILES string of the molecule is C=C/C=C\C.C=CC=C.Cc1cc(-n2c3ccccc3c3ccccc32)c(C)cc1-c1ccc2c3c(ccc(-c4cc(C)c(-n5c6ccccc6c6ccccc65)cc4C)c13)-c1nccnc1-2. The fraction of sp³-hybridized carbons (Fsp3) is 0.0794. The van der Waals surface area contributed by atoms with Crippen LogP contribution in [0.15, 0.2) is 208 Å². The number of allylic oxidation sites excluding steroid dienone is 5. The molecule has 3 heterocycles. The van der Waals surface area contributed by atoms with Crippen molar-refractivity contribution < 1.29 is 0 Å². The summed E-state index contributed by atoms with van der Waals surface area (Å²) in [6.45, 7) is 21.2. The molecule has 0 amide bonds. The number of aromatic nitrogens is 4. The highest BCUT2D eigenvalue weighted by atomic mass is 15.0. The molecule has 0 atom stereocenters. The van der Waals surface area contributed by atoms with Gasteiger partial charge in [0.05, 0.1) is 33.5 Å². The maximum Gasteiger partial charge on any atom is 0.0971 e. The quantitative estimate of drug-likeness (QED) is 0.156. The molecule has 0 saturated heterocycles. The highest BCUT2D eigenvalue weighted by Gasteiger charge is 2.28. The molecular formula is C63H52N4. The molecule has 0 aliphatic heterocycles. The van der Waals surface area contributed by atoms with Gasteiger partial charge in [0, 0.05) is 61.8 Å². The number of benzene rings is 8. The normalized spacial score (nSPS) is 11.5. The van der Waals surface area contributed by atoms with Crippen molar-refractivity contribution in [2.24, 2.45) is 0 Å². The summed E-state index contributed by atoms with van der Waals surface area (Å²) in [7, 11) is 0. The molecule has 67 heavy (non-hydrogen) atoms. The minimum atomic E-state index is 0.954. The summed E-state index contributed by atoms with van der Waals surface area (Å²) in [6.07, 6.45) is 12.5. The van der Waals surface area contributed by atoms with Gasteiger partial charge in [-0.2, -0.15) is 0 Å². The number of para-hydroxylation sites is 4. The van der Waals surface area contributed by atoms with Gasteiger partial charge in [0.1, 0.15) is 0 Å². The monoisotopic (exact) mass is 864 g/mol. The van der Waals surface area contributed by atoms with E-state index in [9.17, 15) is 0 Å². The van der Waals surface area contributed by atoms with Crippen LogP contribution >= 0.6 is 0 Å². The number of hydrogen-bond donors (Lipinski definition) is 0. The smallest absolute Gasteiger partial charge is 0.0971 e. The van der Waals surface area contributed by atoms with Crippen LogP contribution in [0.3, 0.4) is 0 Å². The summed E-state index contributed by atoms with van der Waals surface area (Å²) in [4.78, 5) is 9.76. The molecule has 0 saturated carbocycles. The zero-order valence-corrected chi connectivity index (χ0v) is 38.8. The Bertz CT molecular complexity index is 3470. The lowest BCUT2D eigenvalue weighted by Gasteiger charge is -2.20. The first-order chi connectivity index (χ1) is 32.8. The molecule has 11 aromatic rings. The molecule has 1 aliphatic rings. The van der Waals surface area contributed by atoms with Crippen LogP contribution in [0.2, 0.25) is 0 Å². The van der Waals surface area contributed by atoms with Crippen LogP contribution in [0.1, 0.15) is 29.2 Å². The van der Waals surface area contributed by atoms with Crippen molar-refractivity contribution in [3.05, 3.63) is 230 Å². The molecule has 0 bridgehead atoms. The molecule has 0 spiro atoms. The number of nitrogens with zero attached hydrogens (tertiary/aromatic N) is 4. The van der Waals surface area contributed by atoms with Crippen molar-refractivity contribution >= 4 is 54.4 Å². The zero-order valence-electron chi connectivity index (χ0n) is 38.8. The van der Waals surface area contributed by atoms with Crippen LogP contribution in [0, 0.1) is 27.7 Å². The Balaban J connectivity index is 0.000000537. The van der Waals surface area contributed by atoms with Crippen LogP contribution in [-0.2, 0) is 0 Å². The van der Waals surface area contributed by atoms with Crippen LogP contribution in [0.4, 0.5) is 0 Å². The molecule has 1 aliphatic carbocycles. The first-order valence-electron chi connectivity index (χ1n) is 22.9. The Morgan fingerprint density at radius 1 is 0.388 bits per heavy atom. The van der Waals surface area contributed by atoms with E-state index in [0.717, 1.165) is 22.5 Å². The second-order valence-electron chi connectivity index (χ2n) is 17.2. The molecule has 0 radical (unpaired) electrons. The minimum Gasteiger partial charge on any atom is -0.309 e. The lowest BCUT2D eigenvalue weighted by atomic mass is 9.85. The van der Waals surface area contributed by atoms with Gasteiger partial charge >= 0.3 is 0 Å². The Morgan fingerprint density at radius 2 is 0.731 bits per heavy atom. The van der Waals surface area contributed by atoms with E-state index in [4.69, 9.17) is 9.97 Å². The highest BCUT2D eigenvalue weighted by molar-refractivity contribution is 6.22. The van der Waals surface area contributed by atoms with Crippen LogP contribution in [0.25, 0.3) is 111 Å². The van der Waals surface area contributed by atoms with Gasteiger partial charge in [-0.15, -0.1) is 0 Å². The molecule has 0 N–H and O–H groups in total. The average Bonchev–Trinajstić information content (AvgIpc) is 4.00. The molecule has 0 unspecified atom stereocenters. The summed E-state index contributed by atoms with van der Waals surface area (Å²) < 4.78 is 4.88. The molecular weight excluding hydrogens is 813 g/mol. The zero-order chi connectivity index (χ0) is 46.3. The van der Waals surface area contributed by atoms with E-state index in [2.05, 4.69) is 202 Å². The van der Waals surface area contributed by atoms with Gasteiger partial charge in [0.15, 0.2) is 0 Å². The van der Waals surface area contributed by atoms with E-state index in [1.165, 1.54) is 110 Å². The van der Waals surface area contributed by atoms with Crippen molar-refractivity contribution in [2.75, 3.05) is 0 Å². The summed E-state index contributed by atoms with van der Waals surface area (Å²) in [5.41, 5.74) is 21.3. The average molecular weight is 865 g/mol. The second-order valence-corrected chi connectivity index (χ2v) is 17.2. The second kappa shape index (κ2) is 17.6. The third-order valence-electron chi connectivity index (χ3n) is 13.2. The first kappa shape index (κ1) is 42.6. The summed E-state index contributed by atoms with van der Waals surface area (Å²) >= 11 is 0. The number of fused-ring (bicyclic) bond motifs is 9. The summed E-state index contributed by atoms with van der Waals surface area (Å²) in [5, 5.41) is 7.55. The summed E-state index contributed by atoms with van der Waals surface area (Å²) in [5.74, 6) is 0. The van der Waals surface area contributed by atoms with Crippen molar-refractivity contribution in [2.45, 2.75) is 34.6 Å². The standard InChI is InChI=1S/C54H38N4.C5H8.C4H6/c1-31-29-49(57-45-17-9-5-13-35(45)36-14-6-10-18-46(36)57)33(3)27-43(31)39-21-23-41-52-42(54-53(41)55-25-26-56-54)24-22-40(51(39)52)44-28-34(4)50(30-32(44)2)58-47-19-11-7-15-37(47)38-16-8-12-20-48(38)58;1-3-5-4-2;1-3-4-2/h5-30H,1-4H3;3-5H,1H2,2H3;3-4H,1-2H2/b;5-4-;. The van der Waals surface area contributed by atoms with E-state index in [0.29, 0.717) is 0 Å². The Kier molecular flexibility index (Phi) is 11.2. The van der Waals surface area contributed by atoms with Crippen molar-refractivity contribution in [3.63, 3.8) is 0 Å².